The van der Waals surface area contributed by atoms with E-state index in [9.17, 15) is 13.2 Å². The number of amides is 1. The number of carbonyl (C=O) groups excluding carboxylic acids is 1. The van der Waals surface area contributed by atoms with Crippen molar-refractivity contribution in [3.8, 4) is 5.75 Å². The largest absolute Gasteiger partial charge is 0.490 e. The summed E-state index contributed by atoms with van der Waals surface area (Å²) in [5, 5.41) is 0. The predicted molar refractivity (Wildman–Crippen MR) is 101 cm³/mol. The first kappa shape index (κ1) is 19.3. The maximum absolute atomic E-state index is 12.8. The van der Waals surface area contributed by atoms with E-state index in [1.807, 2.05) is 27.7 Å². The number of rotatable bonds is 6. The van der Waals surface area contributed by atoms with Crippen LogP contribution in [0.4, 0.5) is 11.4 Å². The molecule has 25 heavy (non-hydrogen) atoms. The van der Waals surface area contributed by atoms with Crippen molar-refractivity contribution >= 4 is 27.3 Å². The van der Waals surface area contributed by atoms with Crippen molar-refractivity contribution in [2.45, 2.75) is 27.7 Å². The highest BCUT2D eigenvalue weighted by Gasteiger charge is 2.37. The number of anilines is 2. The van der Waals surface area contributed by atoms with Gasteiger partial charge in [-0.3, -0.25) is 9.52 Å². The number of ether oxygens (including phenoxy) is 1. The van der Waals surface area contributed by atoms with Crippen molar-refractivity contribution in [2.24, 2.45) is 11.3 Å². The standard InChI is InChI=1S/C18H26N2O4S/c1-6-9-20-15-10-14(19-25(22,23)11-13(2)3)7-8-16(15)24-12-18(4,5)17(20)21/h6-8,10,13,19H,1,9,11-12H2,2-5H3. The molecule has 6 nitrogen and oxygen atoms in total. The van der Waals surface area contributed by atoms with Gasteiger partial charge in [0.05, 0.1) is 22.5 Å². The predicted octanol–water partition coefficient (Wildman–Crippen LogP) is 3.02. The molecule has 0 atom stereocenters. The van der Waals surface area contributed by atoms with Crippen LogP contribution >= 0.6 is 0 Å². The molecule has 1 N–H and O–H groups in total. The van der Waals surface area contributed by atoms with E-state index in [1.165, 1.54) is 0 Å². The second kappa shape index (κ2) is 7.07. The molecule has 0 spiro atoms. The summed E-state index contributed by atoms with van der Waals surface area (Å²) in [4.78, 5) is 14.4. The molecule has 0 aliphatic carbocycles. The minimum atomic E-state index is -3.45. The third-order valence-corrected chi connectivity index (χ3v) is 5.45. The normalized spacial score (nSPS) is 16.8. The van der Waals surface area contributed by atoms with Crippen molar-refractivity contribution < 1.29 is 17.9 Å². The van der Waals surface area contributed by atoms with Crippen molar-refractivity contribution in [2.75, 3.05) is 28.5 Å². The maximum Gasteiger partial charge on any atom is 0.236 e. The summed E-state index contributed by atoms with van der Waals surface area (Å²) in [5.41, 5.74) is 0.268. The molecular weight excluding hydrogens is 340 g/mol. The van der Waals surface area contributed by atoms with Gasteiger partial charge in [-0.2, -0.15) is 0 Å². The Morgan fingerprint density at radius 2 is 2.08 bits per heavy atom. The Balaban J connectivity index is 2.41. The summed E-state index contributed by atoms with van der Waals surface area (Å²) in [7, 11) is -3.45. The summed E-state index contributed by atoms with van der Waals surface area (Å²) in [6.45, 7) is 11.6. The van der Waals surface area contributed by atoms with Crippen LogP contribution in [0, 0.1) is 11.3 Å². The van der Waals surface area contributed by atoms with Crippen LogP contribution in [-0.4, -0.2) is 33.2 Å². The molecule has 1 heterocycles. The second-order valence-electron chi connectivity index (χ2n) is 7.34. The lowest BCUT2D eigenvalue weighted by Crippen LogP contribution is -2.42. The molecule has 2 rings (SSSR count). The summed E-state index contributed by atoms with van der Waals surface area (Å²) in [6.07, 6.45) is 1.64. The Kier molecular flexibility index (Phi) is 5.46. The number of nitrogens with one attached hydrogen (secondary N) is 1. The van der Waals surface area contributed by atoms with Gasteiger partial charge in [0.15, 0.2) is 0 Å². The van der Waals surface area contributed by atoms with Crippen LogP contribution < -0.4 is 14.4 Å². The minimum absolute atomic E-state index is 0.0151. The monoisotopic (exact) mass is 366 g/mol. The average Bonchev–Trinajstić information content (AvgIpc) is 2.56. The van der Waals surface area contributed by atoms with Crippen molar-refractivity contribution in [1.29, 1.82) is 0 Å². The number of hydrogen-bond donors (Lipinski definition) is 1. The number of nitrogens with zero attached hydrogens (tertiary/aromatic N) is 1. The van der Waals surface area contributed by atoms with Gasteiger partial charge in [-0.15, -0.1) is 6.58 Å². The zero-order chi connectivity index (χ0) is 18.8. The number of carbonyl (C=O) groups is 1. The fourth-order valence-electron chi connectivity index (χ4n) is 2.68. The molecule has 7 heteroatoms. The molecule has 0 aromatic heterocycles. The molecule has 1 aliphatic heterocycles. The molecule has 0 radical (unpaired) electrons. The van der Waals surface area contributed by atoms with Crippen LogP contribution in [0.25, 0.3) is 0 Å². The lowest BCUT2D eigenvalue weighted by molar-refractivity contribution is -0.127. The van der Waals surface area contributed by atoms with Gasteiger partial charge in [-0.1, -0.05) is 19.9 Å². The lowest BCUT2D eigenvalue weighted by atomic mass is 9.93. The van der Waals surface area contributed by atoms with Gasteiger partial charge in [0, 0.05) is 6.54 Å². The molecule has 0 saturated carbocycles. The number of fused-ring (bicyclic) bond motifs is 1. The maximum atomic E-state index is 12.8. The highest BCUT2D eigenvalue weighted by molar-refractivity contribution is 7.92. The molecule has 0 bridgehead atoms. The van der Waals surface area contributed by atoms with Crippen LogP contribution in [0.3, 0.4) is 0 Å². The van der Waals surface area contributed by atoms with E-state index >= 15 is 0 Å². The minimum Gasteiger partial charge on any atom is -0.490 e. The van der Waals surface area contributed by atoms with E-state index in [0.717, 1.165) is 0 Å². The van der Waals surface area contributed by atoms with Gasteiger partial charge >= 0.3 is 0 Å². The van der Waals surface area contributed by atoms with Gasteiger partial charge in [0.25, 0.3) is 0 Å². The molecule has 0 unspecified atom stereocenters. The fourth-order valence-corrected chi connectivity index (χ4v) is 4.13. The van der Waals surface area contributed by atoms with Crippen LogP contribution in [0.2, 0.25) is 0 Å². The van der Waals surface area contributed by atoms with Gasteiger partial charge in [-0.05, 0) is 38.0 Å². The zero-order valence-electron chi connectivity index (χ0n) is 15.2. The van der Waals surface area contributed by atoms with Gasteiger partial charge in [-0.25, -0.2) is 8.42 Å². The second-order valence-corrected chi connectivity index (χ2v) is 9.10. The van der Waals surface area contributed by atoms with E-state index in [0.29, 0.717) is 23.7 Å². The fraction of sp³-hybridized carbons (Fsp3) is 0.500. The van der Waals surface area contributed by atoms with Crippen molar-refractivity contribution in [1.82, 2.24) is 0 Å². The lowest BCUT2D eigenvalue weighted by Gasteiger charge is -2.27. The smallest absolute Gasteiger partial charge is 0.236 e. The summed E-state index contributed by atoms with van der Waals surface area (Å²) < 4.78 is 32.7. The van der Waals surface area contributed by atoms with E-state index in [2.05, 4.69) is 11.3 Å². The Hall–Kier alpha value is -2.02. The first-order valence-electron chi connectivity index (χ1n) is 8.26. The topological polar surface area (TPSA) is 75.7 Å². The number of benzene rings is 1. The molecule has 138 valence electrons. The third kappa shape index (κ3) is 4.54. The molecule has 0 saturated heterocycles. The van der Waals surface area contributed by atoms with E-state index in [4.69, 9.17) is 4.74 Å². The Morgan fingerprint density at radius 1 is 1.40 bits per heavy atom. The molecule has 0 fully saturated rings. The third-order valence-electron chi connectivity index (χ3n) is 3.80. The van der Waals surface area contributed by atoms with Crippen LogP contribution in [0.1, 0.15) is 27.7 Å². The van der Waals surface area contributed by atoms with Crippen LogP contribution in [-0.2, 0) is 14.8 Å². The van der Waals surface area contributed by atoms with E-state index < -0.39 is 15.4 Å². The SMILES string of the molecule is C=CCN1C(=O)C(C)(C)COc2ccc(NS(=O)(=O)CC(C)C)cc21. The summed E-state index contributed by atoms with van der Waals surface area (Å²) >= 11 is 0. The quantitative estimate of drug-likeness (QED) is 0.785. The Labute approximate surface area is 149 Å². The highest BCUT2D eigenvalue weighted by Crippen LogP contribution is 2.38. The van der Waals surface area contributed by atoms with Gasteiger partial charge in [0.2, 0.25) is 15.9 Å². The Morgan fingerprint density at radius 3 is 2.68 bits per heavy atom. The molecule has 1 aromatic rings. The first-order valence-corrected chi connectivity index (χ1v) is 9.91. The Bertz CT molecular complexity index is 769. The summed E-state index contributed by atoms with van der Waals surface area (Å²) in [5.74, 6) is 0.505. The van der Waals surface area contributed by atoms with Crippen LogP contribution in [0.15, 0.2) is 30.9 Å². The molecular formula is C18H26N2O4S. The van der Waals surface area contributed by atoms with Crippen LogP contribution in [0.5, 0.6) is 5.75 Å². The molecule has 1 amide bonds. The average molecular weight is 366 g/mol. The summed E-state index contributed by atoms with van der Waals surface area (Å²) in [6, 6.07) is 4.97. The first-order chi connectivity index (χ1) is 11.6. The molecule has 1 aliphatic rings. The van der Waals surface area contributed by atoms with Gasteiger partial charge < -0.3 is 9.64 Å². The molecule has 1 aromatic carbocycles. The number of hydrogen-bond acceptors (Lipinski definition) is 4. The zero-order valence-corrected chi connectivity index (χ0v) is 16.0. The van der Waals surface area contributed by atoms with Crippen molar-refractivity contribution in [3.63, 3.8) is 0 Å². The van der Waals surface area contributed by atoms with E-state index in [1.54, 1.807) is 29.2 Å². The van der Waals surface area contributed by atoms with Crippen molar-refractivity contribution in [3.05, 3.63) is 30.9 Å². The van der Waals surface area contributed by atoms with Gasteiger partial charge in [0.1, 0.15) is 12.4 Å². The number of sulfonamides is 1. The highest BCUT2D eigenvalue weighted by atomic mass is 32.2. The van der Waals surface area contributed by atoms with E-state index in [-0.39, 0.29) is 24.2 Å².